The van der Waals surface area contributed by atoms with Crippen molar-refractivity contribution in [2.45, 2.75) is 19.8 Å². The van der Waals surface area contributed by atoms with Crippen LogP contribution in [0.5, 0.6) is 0 Å². The van der Waals surface area contributed by atoms with Gasteiger partial charge in [-0.2, -0.15) is 0 Å². The lowest BCUT2D eigenvalue weighted by molar-refractivity contribution is 0.0689. The summed E-state index contributed by atoms with van der Waals surface area (Å²) < 4.78 is 0. The van der Waals surface area contributed by atoms with Gasteiger partial charge in [0.2, 0.25) is 5.69 Å². The number of nitrogens with zero attached hydrogens (tertiary/aromatic N) is 2. The number of carboxylic acid groups (broad SMARTS) is 1. The van der Waals surface area contributed by atoms with E-state index in [-0.39, 0.29) is 5.92 Å². The Morgan fingerprint density at radius 2 is 2.10 bits per heavy atom. The highest BCUT2D eigenvalue weighted by molar-refractivity contribution is 5.94. The van der Waals surface area contributed by atoms with Gasteiger partial charge in [0.1, 0.15) is 0 Å². The van der Waals surface area contributed by atoms with E-state index in [0.29, 0.717) is 11.0 Å². The van der Waals surface area contributed by atoms with Crippen LogP contribution in [0, 0.1) is 6.92 Å². The molecule has 0 spiro atoms. The molecule has 2 N–H and O–H groups in total. The Labute approximate surface area is 119 Å². The molecule has 0 saturated heterocycles. The molecule has 0 aliphatic carbocycles. The van der Waals surface area contributed by atoms with Gasteiger partial charge in [-0.15, -0.1) is 0 Å². The van der Waals surface area contributed by atoms with Crippen molar-refractivity contribution in [1.82, 2.24) is 9.97 Å². The highest BCUT2D eigenvalue weighted by atomic mass is 16.4. The van der Waals surface area contributed by atoms with E-state index in [1.54, 1.807) is 6.20 Å². The summed E-state index contributed by atoms with van der Waals surface area (Å²) in [5.41, 5.74) is 2.77. The Hall–Kier alpha value is -2.76. The molecule has 0 bridgehead atoms. The number of allylic oxidation sites excluding steroid dienone is 1. The number of hydrogen-bond donors (Lipinski definition) is 2. The molecule has 1 aromatic carbocycles. The SMILES string of the molecule is CC1=NC=CC1c1cc2nc(C(=O)O)c(=O)[nH]c2cc1C. The zero-order valence-electron chi connectivity index (χ0n) is 11.5. The third-order valence-electron chi connectivity index (χ3n) is 3.62. The second-order valence-electron chi connectivity index (χ2n) is 5.04. The number of carbonyl (C=O) groups is 1. The first-order chi connectivity index (χ1) is 9.97. The lowest BCUT2D eigenvalue weighted by atomic mass is 9.91. The summed E-state index contributed by atoms with van der Waals surface area (Å²) in [6.07, 6.45) is 3.74. The van der Waals surface area contributed by atoms with Gasteiger partial charge >= 0.3 is 5.97 Å². The number of H-pyrrole nitrogens is 1. The third kappa shape index (κ3) is 2.14. The van der Waals surface area contributed by atoms with Crippen LogP contribution < -0.4 is 5.56 Å². The number of aliphatic imine (C=N–C) groups is 1. The highest BCUT2D eigenvalue weighted by Gasteiger charge is 2.19. The van der Waals surface area contributed by atoms with E-state index in [4.69, 9.17) is 5.11 Å². The molecule has 1 aromatic heterocycles. The molecule has 0 amide bonds. The molecule has 2 heterocycles. The molecule has 21 heavy (non-hydrogen) atoms. The average Bonchev–Trinajstić information content (AvgIpc) is 2.83. The maximum absolute atomic E-state index is 11.6. The van der Waals surface area contributed by atoms with E-state index in [0.717, 1.165) is 16.8 Å². The Balaban J connectivity index is 2.25. The van der Waals surface area contributed by atoms with E-state index < -0.39 is 17.2 Å². The van der Waals surface area contributed by atoms with Gasteiger partial charge in [-0.25, -0.2) is 9.78 Å². The maximum Gasteiger partial charge on any atom is 0.360 e. The van der Waals surface area contributed by atoms with Gasteiger partial charge in [0.15, 0.2) is 0 Å². The van der Waals surface area contributed by atoms with Gasteiger partial charge in [0, 0.05) is 17.8 Å². The molecule has 0 radical (unpaired) electrons. The van der Waals surface area contributed by atoms with Gasteiger partial charge in [0.25, 0.3) is 5.56 Å². The molecular formula is C15H13N3O3. The van der Waals surface area contributed by atoms with Crippen molar-refractivity contribution in [3.05, 3.63) is 51.6 Å². The van der Waals surface area contributed by atoms with E-state index in [9.17, 15) is 9.59 Å². The highest BCUT2D eigenvalue weighted by Crippen LogP contribution is 2.28. The number of aryl methyl sites for hydroxylation is 1. The van der Waals surface area contributed by atoms with E-state index >= 15 is 0 Å². The number of fused-ring (bicyclic) bond motifs is 1. The fourth-order valence-electron chi connectivity index (χ4n) is 2.53. The number of aromatic amines is 1. The standard InChI is InChI=1S/C15H13N3O3/c1-7-5-11-12(17-13(15(20)21)14(19)18-11)6-10(7)9-3-4-16-8(9)2/h3-6,9H,1-2H3,(H,18,19)(H,20,21). The van der Waals surface area contributed by atoms with Gasteiger partial charge in [-0.05, 0) is 37.1 Å². The molecule has 1 atom stereocenters. The van der Waals surface area contributed by atoms with Crippen LogP contribution in [0.2, 0.25) is 0 Å². The van der Waals surface area contributed by atoms with Gasteiger partial charge in [0.05, 0.1) is 11.0 Å². The molecule has 1 aliphatic rings. The minimum absolute atomic E-state index is 0.0661. The zero-order chi connectivity index (χ0) is 15.1. The van der Waals surface area contributed by atoms with Crippen molar-refractivity contribution in [1.29, 1.82) is 0 Å². The first kappa shape index (κ1) is 13.2. The summed E-state index contributed by atoms with van der Waals surface area (Å²) in [5.74, 6) is -1.27. The Kier molecular flexibility index (Phi) is 2.94. The largest absolute Gasteiger partial charge is 0.476 e. The van der Waals surface area contributed by atoms with Crippen LogP contribution in [0.4, 0.5) is 0 Å². The second kappa shape index (κ2) is 4.66. The monoisotopic (exact) mass is 283 g/mol. The second-order valence-corrected chi connectivity index (χ2v) is 5.04. The molecule has 0 saturated carbocycles. The van der Waals surface area contributed by atoms with Gasteiger partial charge in [-0.1, -0.05) is 6.08 Å². The van der Waals surface area contributed by atoms with E-state index in [1.807, 2.05) is 32.1 Å². The van der Waals surface area contributed by atoms with Crippen LogP contribution in [0.3, 0.4) is 0 Å². The smallest absolute Gasteiger partial charge is 0.360 e. The molecule has 3 rings (SSSR count). The number of carboxylic acids is 1. The van der Waals surface area contributed by atoms with Crippen LogP contribution in [-0.4, -0.2) is 26.8 Å². The van der Waals surface area contributed by atoms with E-state index in [1.165, 1.54) is 0 Å². The first-order valence-corrected chi connectivity index (χ1v) is 6.46. The molecule has 106 valence electrons. The first-order valence-electron chi connectivity index (χ1n) is 6.46. The quantitative estimate of drug-likeness (QED) is 0.881. The van der Waals surface area contributed by atoms with Crippen LogP contribution in [0.15, 0.2) is 34.2 Å². The number of nitrogens with one attached hydrogen (secondary N) is 1. The molecule has 1 aliphatic heterocycles. The maximum atomic E-state index is 11.6. The van der Waals surface area contributed by atoms with Crippen molar-refractivity contribution < 1.29 is 9.90 Å². The molecule has 6 heteroatoms. The van der Waals surface area contributed by atoms with Gasteiger partial charge < -0.3 is 10.1 Å². The molecule has 0 fully saturated rings. The fraction of sp³-hybridized carbons (Fsp3) is 0.200. The molecule has 6 nitrogen and oxygen atoms in total. The minimum Gasteiger partial charge on any atom is -0.476 e. The molecular weight excluding hydrogens is 270 g/mol. The number of aromatic carboxylic acids is 1. The number of rotatable bonds is 2. The van der Waals surface area contributed by atoms with Crippen molar-refractivity contribution in [3.63, 3.8) is 0 Å². The van der Waals surface area contributed by atoms with Gasteiger partial charge in [-0.3, -0.25) is 9.79 Å². The Bertz CT molecular complexity index is 878. The lowest BCUT2D eigenvalue weighted by Gasteiger charge is -2.13. The summed E-state index contributed by atoms with van der Waals surface area (Å²) in [4.78, 5) is 33.4. The van der Waals surface area contributed by atoms with Crippen LogP contribution in [-0.2, 0) is 0 Å². The van der Waals surface area contributed by atoms with Crippen molar-refractivity contribution in [2.24, 2.45) is 4.99 Å². The van der Waals surface area contributed by atoms with Crippen LogP contribution in [0.1, 0.15) is 34.5 Å². The fourth-order valence-corrected chi connectivity index (χ4v) is 2.53. The zero-order valence-corrected chi connectivity index (χ0v) is 11.5. The number of hydrogen-bond acceptors (Lipinski definition) is 4. The lowest BCUT2D eigenvalue weighted by Crippen LogP contribution is -2.20. The summed E-state index contributed by atoms with van der Waals surface area (Å²) in [6, 6.07) is 3.62. The van der Waals surface area contributed by atoms with Crippen molar-refractivity contribution in [3.8, 4) is 0 Å². The summed E-state index contributed by atoms with van der Waals surface area (Å²) in [7, 11) is 0. The summed E-state index contributed by atoms with van der Waals surface area (Å²) in [6.45, 7) is 3.88. The molecule has 1 unspecified atom stereocenters. The predicted molar refractivity (Wildman–Crippen MR) is 79.1 cm³/mol. The minimum atomic E-state index is -1.33. The average molecular weight is 283 g/mol. The van der Waals surface area contributed by atoms with E-state index in [2.05, 4.69) is 15.0 Å². The molecule has 2 aromatic rings. The van der Waals surface area contributed by atoms with Crippen LogP contribution >= 0.6 is 0 Å². The Morgan fingerprint density at radius 1 is 1.33 bits per heavy atom. The van der Waals surface area contributed by atoms with Crippen molar-refractivity contribution >= 4 is 22.7 Å². The third-order valence-corrected chi connectivity index (χ3v) is 3.62. The normalized spacial score (nSPS) is 17.2. The number of aromatic nitrogens is 2. The summed E-state index contributed by atoms with van der Waals surface area (Å²) in [5, 5.41) is 8.99. The Morgan fingerprint density at radius 3 is 2.71 bits per heavy atom. The van der Waals surface area contributed by atoms with Crippen molar-refractivity contribution in [2.75, 3.05) is 0 Å². The van der Waals surface area contributed by atoms with Crippen LogP contribution in [0.25, 0.3) is 11.0 Å². The summed E-state index contributed by atoms with van der Waals surface area (Å²) >= 11 is 0. The topological polar surface area (TPSA) is 95.4 Å². The number of benzene rings is 1. The predicted octanol–water partition coefficient (Wildman–Crippen LogP) is 2.00.